The van der Waals surface area contributed by atoms with Crippen molar-refractivity contribution in [2.75, 3.05) is 7.11 Å². The van der Waals surface area contributed by atoms with E-state index in [0.717, 1.165) is 16.0 Å². The molecule has 0 saturated carbocycles. The summed E-state index contributed by atoms with van der Waals surface area (Å²) in [6.07, 6.45) is 0.490. The highest BCUT2D eigenvalue weighted by Gasteiger charge is 2.19. The molecule has 0 aliphatic rings. The molecular formula is C26H19N3O5S. The fourth-order valence-electron chi connectivity index (χ4n) is 4.00. The number of aromatic nitrogens is 2. The van der Waals surface area contributed by atoms with E-state index in [1.165, 1.54) is 28.0 Å². The van der Waals surface area contributed by atoms with Crippen LogP contribution in [0.4, 0.5) is 5.69 Å². The van der Waals surface area contributed by atoms with Crippen molar-refractivity contribution in [3.63, 3.8) is 0 Å². The van der Waals surface area contributed by atoms with E-state index >= 15 is 0 Å². The standard InChI is InChI=1S/C26H19N3O5S/c1-34-19-11-9-16(10-12-19)13-14-28-24(17-5-4-6-18(15-17)29(32)33)27-25-22(26(28)31)23(30)20-7-2-3-8-21(20)35-25/h2-12,15H,13-14H2,1H3. The van der Waals surface area contributed by atoms with Crippen molar-refractivity contribution in [3.05, 3.63) is 109 Å². The van der Waals surface area contributed by atoms with Crippen molar-refractivity contribution < 1.29 is 9.66 Å². The highest BCUT2D eigenvalue weighted by Crippen LogP contribution is 2.27. The Labute approximate surface area is 202 Å². The van der Waals surface area contributed by atoms with E-state index in [1.807, 2.05) is 36.4 Å². The molecule has 0 bridgehead atoms. The first-order valence-electron chi connectivity index (χ1n) is 10.8. The molecule has 174 valence electrons. The van der Waals surface area contributed by atoms with E-state index in [9.17, 15) is 19.7 Å². The zero-order valence-electron chi connectivity index (χ0n) is 18.6. The van der Waals surface area contributed by atoms with E-state index in [4.69, 9.17) is 9.72 Å². The first-order chi connectivity index (χ1) is 17.0. The van der Waals surface area contributed by atoms with Crippen LogP contribution in [0.5, 0.6) is 5.75 Å². The molecule has 0 radical (unpaired) electrons. The van der Waals surface area contributed by atoms with Gasteiger partial charge in [0.15, 0.2) is 0 Å². The Kier molecular flexibility index (Phi) is 5.84. The zero-order chi connectivity index (χ0) is 24.5. The van der Waals surface area contributed by atoms with E-state index in [-0.39, 0.29) is 28.9 Å². The number of hydrogen-bond acceptors (Lipinski definition) is 7. The normalized spacial score (nSPS) is 11.1. The molecular weight excluding hydrogens is 466 g/mol. The Morgan fingerprint density at radius 1 is 1.03 bits per heavy atom. The first-order valence-corrected chi connectivity index (χ1v) is 11.6. The maximum atomic E-state index is 13.7. The van der Waals surface area contributed by atoms with Gasteiger partial charge in [0.05, 0.1) is 12.0 Å². The maximum Gasteiger partial charge on any atom is 0.270 e. The number of fused-ring (bicyclic) bond motifs is 2. The first kappa shape index (κ1) is 22.4. The maximum absolute atomic E-state index is 13.7. The molecule has 35 heavy (non-hydrogen) atoms. The summed E-state index contributed by atoms with van der Waals surface area (Å²) in [5, 5.41) is 11.9. The second-order valence-corrected chi connectivity index (χ2v) is 8.94. The Morgan fingerprint density at radius 2 is 1.80 bits per heavy atom. The smallest absolute Gasteiger partial charge is 0.270 e. The summed E-state index contributed by atoms with van der Waals surface area (Å²) in [5.41, 5.74) is 0.463. The molecule has 3 aromatic carbocycles. The average molecular weight is 486 g/mol. The third kappa shape index (κ3) is 4.17. The summed E-state index contributed by atoms with van der Waals surface area (Å²) >= 11 is 1.25. The van der Waals surface area contributed by atoms with E-state index in [0.29, 0.717) is 22.2 Å². The summed E-state index contributed by atoms with van der Waals surface area (Å²) in [6.45, 7) is 0.239. The Morgan fingerprint density at radius 3 is 2.54 bits per heavy atom. The predicted octanol–water partition coefficient (Wildman–Crippen LogP) is 4.80. The molecule has 5 aromatic rings. The van der Waals surface area contributed by atoms with Gasteiger partial charge in [-0.15, -0.1) is 11.3 Å². The molecule has 0 aliphatic heterocycles. The number of nitro groups is 1. The van der Waals surface area contributed by atoms with Crippen molar-refractivity contribution in [2.45, 2.75) is 13.0 Å². The van der Waals surface area contributed by atoms with Crippen LogP contribution in [0.15, 0.2) is 82.4 Å². The molecule has 0 spiro atoms. The number of ether oxygens (including phenoxy) is 1. The van der Waals surface area contributed by atoms with Gasteiger partial charge in [0.25, 0.3) is 11.2 Å². The fourth-order valence-corrected chi connectivity index (χ4v) is 5.04. The molecule has 8 nitrogen and oxygen atoms in total. The van der Waals surface area contributed by atoms with Crippen LogP contribution in [0.2, 0.25) is 0 Å². The van der Waals surface area contributed by atoms with Gasteiger partial charge in [0.1, 0.15) is 21.8 Å². The van der Waals surface area contributed by atoms with Gasteiger partial charge in [-0.1, -0.05) is 36.4 Å². The molecule has 9 heteroatoms. The van der Waals surface area contributed by atoms with Crippen LogP contribution in [0.1, 0.15) is 5.56 Å². The van der Waals surface area contributed by atoms with Crippen LogP contribution in [-0.4, -0.2) is 21.6 Å². The van der Waals surface area contributed by atoms with Crippen molar-refractivity contribution in [3.8, 4) is 17.1 Å². The summed E-state index contributed by atoms with van der Waals surface area (Å²) in [5.74, 6) is 1.01. The van der Waals surface area contributed by atoms with Crippen LogP contribution in [0, 0.1) is 10.1 Å². The quantitative estimate of drug-likeness (QED) is 0.194. The number of hydrogen-bond donors (Lipinski definition) is 0. The SMILES string of the molecule is COc1ccc(CCn2c(-c3cccc([N+](=O)[O-])c3)nc3sc4ccccc4c(=O)c3c2=O)cc1. The summed E-state index contributed by atoms with van der Waals surface area (Å²) < 4.78 is 7.36. The van der Waals surface area contributed by atoms with E-state index < -0.39 is 10.5 Å². The summed E-state index contributed by atoms with van der Waals surface area (Å²) in [4.78, 5) is 42.8. The van der Waals surface area contributed by atoms with Gasteiger partial charge in [0, 0.05) is 34.3 Å². The number of nitrogens with zero attached hydrogens (tertiary/aromatic N) is 3. The Bertz CT molecular complexity index is 1710. The third-order valence-corrected chi connectivity index (χ3v) is 6.86. The highest BCUT2D eigenvalue weighted by molar-refractivity contribution is 7.24. The molecule has 0 atom stereocenters. The number of methoxy groups -OCH3 is 1. The Hall–Kier alpha value is -4.37. The van der Waals surface area contributed by atoms with Gasteiger partial charge in [0.2, 0.25) is 5.43 Å². The van der Waals surface area contributed by atoms with Crippen LogP contribution in [-0.2, 0) is 13.0 Å². The molecule has 0 aliphatic carbocycles. The Balaban J connectivity index is 1.72. The van der Waals surface area contributed by atoms with Crippen LogP contribution in [0.25, 0.3) is 31.7 Å². The number of non-ortho nitro benzene ring substituents is 1. The van der Waals surface area contributed by atoms with Crippen molar-refractivity contribution in [1.82, 2.24) is 9.55 Å². The number of nitro benzene ring substituents is 1. The minimum atomic E-state index is -0.490. The van der Waals surface area contributed by atoms with Gasteiger partial charge >= 0.3 is 0 Å². The lowest BCUT2D eigenvalue weighted by Gasteiger charge is -2.14. The van der Waals surface area contributed by atoms with Gasteiger partial charge in [-0.25, -0.2) is 4.98 Å². The lowest BCUT2D eigenvalue weighted by Crippen LogP contribution is -2.28. The molecule has 2 aromatic heterocycles. The summed E-state index contributed by atoms with van der Waals surface area (Å²) in [6, 6.07) is 20.6. The van der Waals surface area contributed by atoms with Crippen molar-refractivity contribution in [2.24, 2.45) is 0 Å². The minimum Gasteiger partial charge on any atom is -0.497 e. The fraction of sp³-hybridized carbons (Fsp3) is 0.115. The van der Waals surface area contributed by atoms with Crippen molar-refractivity contribution in [1.29, 1.82) is 0 Å². The van der Waals surface area contributed by atoms with Crippen LogP contribution in [0.3, 0.4) is 0 Å². The number of rotatable bonds is 6. The van der Waals surface area contributed by atoms with Crippen LogP contribution < -0.4 is 15.7 Å². The molecule has 0 fully saturated rings. The number of aryl methyl sites for hydroxylation is 1. The van der Waals surface area contributed by atoms with Gasteiger partial charge in [-0.2, -0.15) is 0 Å². The van der Waals surface area contributed by atoms with Crippen LogP contribution >= 0.6 is 11.3 Å². The second kappa shape index (κ2) is 9.11. The van der Waals surface area contributed by atoms with E-state index in [2.05, 4.69) is 0 Å². The zero-order valence-corrected chi connectivity index (χ0v) is 19.5. The molecule has 5 rings (SSSR count). The lowest BCUT2D eigenvalue weighted by molar-refractivity contribution is -0.384. The largest absolute Gasteiger partial charge is 0.497 e. The highest BCUT2D eigenvalue weighted by atomic mass is 32.1. The minimum absolute atomic E-state index is 0.0256. The molecule has 0 unspecified atom stereocenters. The molecule has 0 amide bonds. The average Bonchev–Trinajstić information content (AvgIpc) is 2.88. The third-order valence-electron chi connectivity index (χ3n) is 5.80. The topological polar surface area (TPSA) is 104 Å². The molecule has 0 N–H and O–H groups in total. The summed E-state index contributed by atoms with van der Waals surface area (Å²) in [7, 11) is 1.59. The van der Waals surface area contributed by atoms with Gasteiger partial charge < -0.3 is 4.74 Å². The molecule has 0 saturated heterocycles. The number of benzene rings is 3. The van der Waals surface area contributed by atoms with Crippen molar-refractivity contribution >= 4 is 37.3 Å². The predicted molar refractivity (Wildman–Crippen MR) is 136 cm³/mol. The van der Waals surface area contributed by atoms with E-state index in [1.54, 1.807) is 31.4 Å². The second-order valence-electron chi connectivity index (χ2n) is 7.91. The monoisotopic (exact) mass is 485 g/mol. The van der Waals surface area contributed by atoms with Gasteiger partial charge in [-0.05, 0) is 36.2 Å². The lowest BCUT2D eigenvalue weighted by atomic mass is 10.1. The molecule has 2 heterocycles. The van der Waals surface area contributed by atoms with Gasteiger partial charge in [-0.3, -0.25) is 24.3 Å².